The van der Waals surface area contributed by atoms with Crippen molar-refractivity contribution >= 4 is 11.9 Å². The fraction of sp³-hybridized carbons (Fsp3) is 0.700. The van der Waals surface area contributed by atoms with Crippen LogP contribution in [0.25, 0.3) is 0 Å². The number of fused-ring (bicyclic) bond motifs is 2. The molecule has 0 aromatic rings. The lowest BCUT2D eigenvalue weighted by molar-refractivity contribution is -0.154. The van der Waals surface area contributed by atoms with Crippen LogP contribution < -0.4 is 0 Å². The molecule has 0 aromatic heterocycles. The van der Waals surface area contributed by atoms with Gasteiger partial charge in [-0.3, -0.25) is 0 Å². The van der Waals surface area contributed by atoms with Gasteiger partial charge in [0.05, 0.1) is 17.6 Å². The number of hydrogen-bond donors (Lipinski definition) is 1. The molecule has 1 saturated carbocycles. The van der Waals surface area contributed by atoms with Crippen molar-refractivity contribution in [2.75, 3.05) is 0 Å². The maximum atomic E-state index is 12.4. The fourth-order valence-corrected chi connectivity index (χ4v) is 4.07. The summed E-state index contributed by atoms with van der Waals surface area (Å²) in [7, 11) is 0. The quantitative estimate of drug-likeness (QED) is 0.460. The average molecular weight is 364 g/mol. The first-order valence-corrected chi connectivity index (χ1v) is 9.29. The van der Waals surface area contributed by atoms with Crippen molar-refractivity contribution in [2.45, 2.75) is 77.0 Å². The van der Waals surface area contributed by atoms with Crippen molar-refractivity contribution in [1.29, 1.82) is 0 Å². The van der Waals surface area contributed by atoms with Gasteiger partial charge in [-0.05, 0) is 39.5 Å². The molecule has 1 aliphatic carbocycles. The Balaban J connectivity index is 1.97. The molecule has 144 valence electrons. The summed E-state index contributed by atoms with van der Waals surface area (Å²) >= 11 is 0. The molecule has 0 bridgehead atoms. The zero-order valence-corrected chi connectivity index (χ0v) is 15.9. The minimum Gasteiger partial charge on any atom is -0.455 e. The average Bonchev–Trinajstić information content (AvgIpc) is 3.18. The van der Waals surface area contributed by atoms with E-state index in [2.05, 4.69) is 6.58 Å². The molecule has 6 heteroatoms. The molecule has 7 atom stereocenters. The standard InChI is InChI=1S/C20H28O6/c1-6-10(2)18(22)25-16-13-12(4)19(23)24-15(13)14(21)11(3)8-7-9-20(5)17(16)26-20/h6,11,13-17,21H,4,7-9H2,1-3,5H3/b10-6+/t11-,13+,14-,15+,16-,17+,20-/m1/s1. The van der Waals surface area contributed by atoms with E-state index in [0.717, 1.165) is 19.3 Å². The molecule has 6 nitrogen and oxygen atoms in total. The molecule has 2 aliphatic heterocycles. The highest BCUT2D eigenvalue weighted by Gasteiger charge is 2.63. The van der Waals surface area contributed by atoms with Crippen LogP contribution in [0, 0.1) is 11.8 Å². The van der Waals surface area contributed by atoms with Crippen LogP contribution in [0.4, 0.5) is 0 Å². The van der Waals surface area contributed by atoms with Gasteiger partial charge >= 0.3 is 11.9 Å². The lowest BCUT2D eigenvalue weighted by atomic mass is 9.78. The molecule has 2 saturated heterocycles. The van der Waals surface area contributed by atoms with Crippen LogP contribution >= 0.6 is 0 Å². The number of aliphatic hydroxyl groups is 1. The first-order valence-electron chi connectivity index (χ1n) is 9.29. The number of carbonyl (C=O) groups is 2. The summed E-state index contributed by atoms with van der Waals surface area (Å²) in [5.74, 6) is -1.66. The van der Waals surface area contributed by atoms with Crippen LogP contribution in [0.2, 0.25) is 0 Å². The Morgan fingerprint density at radius 1 is 1.46 bits per heavy atom. The maximum absolute atomic E-state index is 12.4. The van der Waals surface area contributed by atoms with Gasteiger partial charge in [-0.1, -0.05) is 26.0 Å². The van der Waals surface area contributed by atoms with E-state index in [-0.39, 0.29) is 17.6 Å². The van der Waals surface area contributed by atoms with Gasteiger partial charge in [-0.2, -0.15) is 0 Å². The van der Waals surface area contributed by atoms with Gasteiger partial charge in [0.2, 0.25) is 0 Å². The highest BCUT2D eigenvalue weighted by Crippen LogP contribution is 2.50. The Morgan fingerprint density at radius 2 is 2.15 bits per heavy atom. The largest absolute Gasteiger partial charge is 0.455 e. The monoisotopic (exact) mass is 364 g/mol. The van der Waals surface area contributed by atoms with Crippen molar-refractivity contribution in [3.63, 3.8) is 0 Å². The third kappa shape index (κ3) is 3.21. The molecule has 3 aliphatic rings. The van der Waals surface area contributed by atoms with Crippen molar-refractivity contribution < 1.29 is 28.9 Å². The number of hydrogen-bond acceptors (Lipinski definition) is 6. The number of carbonyl (C=O) groups excluding carboxylic acids is 2. The molecule has 2 heterocycles. The van der Waals surface area contributed by atoms with Gasteiger partial charge in [0.15, 0.2) is 0 Å². The predicted molar refractivity (Wildman–Crippen MR) is 94.1 cm³/mol. The minimum absolute atomic E-state index is 0.0475. The molecule has 0 radical (unpaired) electrons. The SMILES string of the molecule is C=C1C(=O)O[C@@H]2[C@H](O)[C@H](C)CCC[C@@]3(C)O[C@H]3[C@H](OC(=O)/C(C)=C/C)[C@@H]12. The normalized spacial score (nSPS) is 43.2. The number of allylic oxidation sites excluding steroid dienone is 1. The maximum Gasteiger partial charge on any atom is 0.334 e. The summed E-state index contributed by atoms with van der Waals surface area (Å²) in [5.41, 5.74) is 0.314. The summed E-state index contributed by atoms with van der Waals surface area (Å²) < 4.78 is 17.2. The van der Waals surface area contributed by atoms with Crippen LogP contribution in [0.5, 0.6) is 0 Å². The Hall–Kier alpha value is -1.66. The van der Waals surface area contributed by atoms with E-state index in [4.69, 9.17) is 14.2 Å². The molecule has 3 rings (SSSR count). The molecule has 3 fully saturated rings. The van der Waals surface area contributed by atoms with Crippen molar-refractivity contribution in [2.24, 2.45) is 11.8 Å². The smallest absolute Gasteiger partial charge is 0.334 e. The lowest BCUT2D eigenvalue weighted by Gasteiger charge is -2.32. The highest BCUT2D eigenvalue weighted by molar-refractivity contribution is 5.91. The van der Waals surface area contributed by atoms with Gasteiger partial charge in [-0.25, -0.2) is 9.59 Å². The zero-order chi connectivity index (χ0) is 19.2. The third-order valence-electron chi connectivity index (χ3n) is 6.11. The van der Waals surface area contributed by atoms with Crippen molar-refractivity contribution in [3.8, 4) is 0 Å². The number of esters is 2. The summed E-state index contributed by atoms with van der Waals surface area (Å²) in [6.07, 6.45) is 1.50. The second kappa shape index (κ2) is 6.82. The van der Waals surface area contributed by atoms with E-state index < -0.39 is 41.8 Å². The van der Waals surface area contributed by atoms with E-state index >= 15 is 0 Å². The number of aliphatic hydroxyl groups excluding tert-OH is 1. The first kappa shape index (κ1) is 19.1. The summed E-state index contributed by atoms with van der Waals surface area (Å²) in [4.78, 5) is 24.6. The van der Waals surface area contributed by atoms with Crippen molar-refractivity contribution in [3.05, 3.63) is 23.8 Å². The zero-order valence-electron chi connectivity index (χ0n) is 15.9. The number of epoxide rings is 1. The van der Waals surface area contributed by atoms with Gasteiger partial charge < -0.3 is 19.3 Å². The fourth-order valence-electron chi connectivity index (χ4n) is 4.07. The number of ether oxygens (including phenoxy) is 3. The van der Waals surface area contributed by atoms with Gasteiger partial charge in [0, 0.05) is 11.1 Å². The molecular formula is C20H28O6. The molecule has 1 N–H and O–H groups in total. The lowest BCUT2D eigenvalue weighted by Crippen LogP contribution is -2.46. The first-order chi connectivity index (χ1) is 12.2. The van der Waals surface area contributed by atoms with E-state index in [1.807, 2.05) is 13.8 Å². The molecular weight excluding hydrogens is 336 g/mol. The van der Waals surface area contributed by atoms with Gasteiger partial charge in [0.25, 0.3) is 0 Å². The van der Waals surface area contributed by atoms with Crippen LogP contribution in [0.15, 0.2) is 23.8 Å². The Kier molecular flexibility index (Phi) is 5.01. The summed E-state index contributed by atoms with van der Waals surface area (Å²) in [6, 6.07) is 0. The predicted octanol–water partition coefficient (Wildman–Crippen LogP) is 2.30. The van der Waals surface area contributed by atoms with Crippen LogP contribution in [0.3, 0.4) is 0 Å². The van der Waals surface area contributed by atoms with E-state index in [0.29, 0.717) is 5.57 Å². The van der Waals surface area contributed by atoms with Crippen LogP contribution in [-0.2, 0) is 23.8 Å². The van der Waals surface area contributed by atoms with E-state index in [1.54, 1.807) is 19.9 Å². The minimum atomic E-state index is -0.838. The Bertz CT molecular complexity index is 653. The number of rotatable bonds is 2. The second-order valence-electron chi connectivity index (χ2n) is 7.97. The highest BCUT2D eigenvalue weighted by atomic mass is 16.6. The van der Waals surface area contributed by atoms with Crippen LogP contribution in [0.1, 0.15) is 47.0 Å². The van der Waals surface area contributed by atoms with Crippen molar-refractivity contribution in [1.82, 2.24) is 0 Å². The van der Waals surface area contributed by atoms with Gasteiger partial charge in [-0.15, -0.1) is 0 Å². The molecule has 26 heavy (non-hydrogen) atoms. The van der Waals surface area contributed by atoms with E-state index in [1.165, 1.54) is 0 Å². The van der Waals surface area contributed by atoms with E-state index in [9.17, 15) is 14.7 Å². The van der Waals surface area contributed by atoms with Crippen LogP contribution in [-0.4, -0.2) is 47.1 Å². The third-order valence-corrected chi connectivity index (χ3v) is 6.11. The summed E-state index contributed by atoms with van der Waals surface area (Å²) in [5, 5.41) is 10.8. The molecule has 0 aromatic carbocycles. The molecule has 0 spiro atoms. The topological polar surface area (TPSA) is 85.4 Å². The molecule has 0 unspecified atom stereocenters. The Labute approximate surface area is 154 Å². The molecule has 0 amide bonds. The summed E-state index contributed by atoms with van der Waals surface area (Å²) in [6.45, 7) is 11.2. The Morgan fingerprint density at radius 3 is 2.81 bits per heavy atom. The second-order valence-corrected chi connectivity index (χ2v) is 7.97. The van der Waals surface area contributed by atoms with Gasteiger partial charge in [0.1, 0.15) is 18.3 Å².